The topological polar surface area (TPSA) is 68.0 Å². The Morgan fingerprint density at radius 2 is 2.58 bits per heavy atom. The number of aliphatic hydroxyl groups is 1. The van der Waals surface area contributed by atoms with Crippen molar-refractivity contribution >= 4 is 6.29 Å². The van der Waals surface area contributed by atoms with Crippen molar-refractivity contribution < 1.29 is 9.90 Å². The normalized spacial score (nSPS) is 12.8. The quantitative estimate of drug-likeness (QED) is 0.637. The van der Waals surface area contributed by atoms with Gasteiger partial charge >= 0.3 is 0 Å². The molecule has 0 saturated heterocycles. The highest BCUT2D eigenvalue weighted by molar-refractivity contribution is 5.70. The average Bonchev–Trinajstić information content (AvgIpc) is 2.48. The van der Waals surface area contributed by atoms with Crippen LogP contribution in [0, 0.1) is 0 Å². The predicted molar refractivity (Wildman–Crippen MR) is 41.7 cm³/mol. The van der Waals surface area contributed by atoms with Crippen LogP contribution >= 0.6 is 0 Å². The highest BCUT2D eigenvalue weighted by atomic mass is 16.3. The Morgan fingerprint density at radius 3 is 3.08 bits per heavy atom. The minimum Gasteiger partial charge on any atom is -0.393 e. The molecule has 0 aliphatic heterocycles. The summed E-state index contributed by atoms with van der Waals surface area (Å²) in [6.07, 6.45) is 2.46. The second-order valence-corrected chi connectivity index (χ2v) is 2.66. The number of aryl methyl sites for hydroxylation is 1. The van der Waals surface area contributed by atoms with Gasteiger partial charge in [-0.05, 0) is 13.3 Å². The molecule has 1 aromatic heterocycles. The smallest absolute Gasteiger partial charge is 0.171 e. The van der Waals surface area contributed by atoms with Gasteiger partial charge < -0.3 is 5.11 Å². The number of aliphatic hydroxyl groups excluding tert-OH is 1. The molecule has 1 aromatic rings. The number of aldehydes is 1. The number of hydrogen-bond donors (Lipinski definition) is 1. The molecule has 1 atom stereocenters. The first kappa shape index (κ1) is 8.86. The zero-order chi connectivity index (χ0) is 8.97. The van der Waals surface area contributed by atoms with Crippen LogP contribution in [0.4, 0.5) is 0 Å². The Kier molecular flexibility index (Phi) is 2.93. The molecule has 5 nitrogen and oxygen atoms in total. The van der Waals surface area contributed by atoms with Crippen molar-refractivity contribution in [2.45, 2.75) is 26.0 Å². The van der Waals surface area contributed by atoms with Crippen molar-refractivity contribution in [2.75, 3.05) is 0 Å². The lowest BCUT2D eigenvalue weighted by Gasteiger charge is -2.01. The average molecular weight is 169 g/mol. The standard InChI is InChI=1S/C7H11N3O2/c1-6(12)2-3-10-4-7(5-11)8-9-10/h4-6,12H,2-3H2,1H3. The fraction of sp³-hybridized carbons (Fsp3) is 0.571. The third kappa shape index (κ3) is 2.43. The molecule has 12 heavy (non-hydrogen) atoms. The first-order chi connectivity index (χ1) is 5.72. The Bertz CT molecular complexity index is 257. The zero-order valence-corrected chi connectivity index (χ0v) is 6.84. The van der Waals surface area contributed by atoms with Crippen LogP contribution in [-0.4, -0.2) is 32.5 Å². The monoisotopic (exact) mass is 169 g/mol. The van der Waals surface area contributed by atoms with E-state index >= 15 is 0 Å². The first-order valence-corrected chi connectivity index (χ1v) is 3.75. The molecular formula is C7H11N3O2. The van der Waals surface area contributed by atoms with E-state index in [0.29, 0.717) is 24.9 Å². The molecule has 0 amide bonds. The second kappa shape index (κ2) is 3.96. The van der Waals surface area contributed by atoms with E-state index < -0.39 is 0 Å². The van der Waals surface area contributed by atoms with E-state index in [1.54, 1.807) is 13.1 Å². The lowest BCUT2D eigenvalue weighted by Crippen LogP contribution is -2.07. The van der Waals surface area contributed by atoms with Crippen LogP contribution in [0.2, 0.25) is 0 Å². The maximum atomic E-state index is 10.2. The van der Waals surface area contributed by atoms with Gasteiger partial charge in [0.05, 0.1) is 12.3 Å². The maximum Gasteiger partial charge on any atom is 0.171 e. The number of carbonyl (C=O) groups excluding carboxylic acids is 1. The van der Waals surface area contributed by atoms with Gasteiger partial charge in [-0.25, -0.2) is 0 Å². The molecule has 0 radical (unpaired) electrons. The van der Waals surface area contributed by atoms with Crippen molar-refractivity contribution in [3.05, 3.63) is 11.9 Å². The Balaban J connectivity index is 2.47. The summed E-state index contributed by atoms with van der Waals surface area (Å²) < 4.78 is 1.54. The molecule has 0 aliphatic carbocycles. The number of carbonyl (C=O) groups is 1. The summed E-state index contributed by atoms with van der Waals surface area (Å²) >= 11 is 0. The second-order valence-electron chi connectivity index (χ2n) is 2.66. The Morgan fingerprint density at radius 1 is 1.83 bits per heavy atom. The third-order valence-electron chi connectivity index (χ3n) is 1.45. The molecular weight excluding hydrogens is 158 g/mol. The number of nitrogens with zero attached hydrogens (tertiary/aromatic N) is 3. The van der Waals surface area contributed by atoms with Gasteiger partial charge in [-0.2, -0.15) is 0 Å². The third-order valence-corrected chi connectivity index (χ3v) is 1.45. The van der Waals surface area contributed by atoms with Crippen molar-refractivity contribution in [1.29, 1.82) is 0 Å². The molecule has 0 aromatic carbocycles. The van der Waals surface area contributed by atoms with Crippen molar-refractivity contribution in [3.8, 4) is 0 Å². The maximum absolute atomic E-state index is 10.2. The van der Waals surface area contributed by atoms with Gasteiger partial charge in [-0.3, -0.25) is 9.48 Å². The van der Waals surface area contributed by atoms with E-state index in [1.807, 2.05) is 0 Å². The molecule has 1 rings (SSSR count). The summed E-state index contributed by atoms with van der Waals surface area (Å²) in [5.74, 6) is 0. The molecule has 0 fully saturated rings. The first-order valence-electron chi connectivity index (χ1n) is 3.75. The van der Waals surface area contributed by atoms with Crippen LogP contribution in [0.25, 0.3) is 0 Å². The van der Waals surface area contributed by atoms with Gasteiger partial charge in [0.1, 0.15) is 5.69 Å². The van der Waals surface area contributed by atoms with Gasteiger partial charge in [-0.1, -0.05) is 5.21 Å². The van der Waals surface area contributed by atoms with Crippen LogP contribution < -0.4 is 0 Å². The number of rotatable bonds is 4. The van der Waals surface area contributed by atoms with Gasteiger partial charge in [0, 0.05) is 6.54 Å². The molecule has 0 saturated carbocycles. The summed E-state index contributed by atoms with van der Waals surface area (Å²) in [6, 6.07) is 0. The van der Waals surface area contributed by atoms with E-state index in [1.165, 1.54) is 4.68 Å². The van der Waals surface area contributed by atoms with E-state index in [2.05, 4.69) is 10.3 Å². The minimum atomic E-state index is -0.353. The highest BCUT2D eigenvalue weighted by Crippen LogP contribution is 1.94. The van der Waals surface area contributed by atoms with E-state index in [4.69, 9.17) is 5.11 Å². The predicted octanol–water partition coefficient (Wildman–Crippen LogP) is -0.139. The Hall–Kier alpha value is -1.23. The van der Waals surface area contributed by atoms with Crippen LogP contribution in [0.3, 0.4) is 0 Å². The van der Waals surface area contributed by atoms with Crippen LogP contribution in [-0.2, 0) is 6.54 Å². The lowest BCUT2D eigenvalue weighted by molar-refractivity contribution is 0.111. The zero-order valence-electron chi connectivity index (χ0n) is 6.84. The fourth-order valence-corrected chi connectivity index (χ4v) is 0.796. The highest BCUT2D eigenvalue weighted by Gasteiger charge is 2.00. The lowest BCUT2D eigenvalue weighted by atomic mass is 10.3. The molecule has 0 bridgehead atoms. The molecule has 0 aliphatic rings. The van der Waals surface area contributed by atoms with Crippen molar-refractivity contribution in [2.24, 2.45) is 0 Å². The van der Waals surface area contributed by atoms with E-state index in [0.717, 1.165) is 0 Å². The van der Waals surface area contributed by atoms with Crippen molar-refractivity contribution in [3.63, 3.8) is 0 Å². The molecule has 1 heterocycles. The van der Waals surface area contributed by atoms with Gasteiger partial charge in [0.15, 0.2) is 6.29 Å². The SMILES string of the molecule is CC(O)CCn1cc(C=O)nn1. The molecule has 1 unspecified atom stereocenters. The largest absolute Gasteiger partial charge is 0.393 e. The number of aromatic nitrogens is 3. The summed E-state index contributed by atoms with van der Waals surface area (Å²) in [4.78, 5) is 10.2. The van der Waals surface area contributed by atoms with Gasteiger partial charge in [0.25, 0.3) is 0 Å². The van der Waals surface area contributed by atoms with Crippen LogP contribution in [0.5, 0.6) is 0 Å². The van der Waals surface area contributed by atoms with Gasteiger partial charge in [-0.15, -0.1) is 5.10 Å². The summed E-state index contributed by atoms with van der Waals surface area (Å²) in [5.41, 5.74) is 0.320. The number of hydrogen-bond acceptors (Lipinski definition) is 4. The van der Waals surface area contributed by atoms with E-state index in [-0.39, 0.29) is 6.10 Å². The minimum absolute atomic E-state index is 0.320. The van der Waals surface area contributed by atoms with E-state index in [9.17, 15) is 4.79 Å². The summed E-state index contributed by atoms with van der Waals surface area (Å²) in [7, 11) is 0. The fourth-order valence-electron chi connectivity index (χ4n) is 0.796. The summed E-state index contributed by atoms with van der Waals surface area (Å²) in [5, 5.41) is 16.2. The molecule has 1 N–H and O–H groups in total. The molecule has 5 heteroatoms. The molecule has 0 spiro atoms. The van der Waals surface area contributed by atoms with Gasteiger partial charge in [0.2, 0.25) is 0 Å². The summed E-state index contributed by atoms with van der Waals surface area (Å²) in [6.45, 7) is 2.29. The van der Waals surface area contributed by atoms with Crippen molar-refractivity contribution in [1.82, 2.24) is 15.0 Å². The van der Waals surface area contributed by atoms with Crippen LogP contribution in [0.15, 0.2) is 6.20 Å². The van der Waals surface area contributed by atoms with Crippen LogP contribution in [0.1, 0.15) is 23.8 Å². The Labute approximate surface area is 70.0 Å². The molecule has 66 valence electrons.